The Balaban J connectivity index is 2.52. The molecule has 0 aliphatic heterocycles. The number of aromatic amines is 1. The first-order chi connectivity index (χ1) is 9.50. The van der Waals surface area contributed by atoms with Crippen molar-refractivity contribution in [1.82, 2.24) is 18.3 Å². The molecule has 0 unspecified atom stereocenters. The normalized spacial score (nSPS) is 11.1. The van der Waals surface area contributed by atoms with Crippen molar-refractivity contribution in [1.29, 1.82) is 0 Å². The van der Waals surface area contributed by atoms with Crippen LogP contribution in [0, 0.1) is 6.92 Å². The van der Waals surface area contributed by atoms with Crippen molar-refractivity contribution < 1.29 is 5.11 Å². The molecule has 0 amide bonds. The molecular weight excluding hydrogens is 304 g/mol. The third-order valence-corrected chi connectivity index (χ3v) is 3.73. The molecule has 20 heavy (non-hydrogen) atoms. The molecule has 2 N–H and O–H groups in total. The first-order valence-corrected chi connectivity index (χ1v) is 6.57. The van der Waals surface area contributed by atoms with E-state index in [0.29, 0.717) is 11.0 Å². The maximum absolute atomic E-state index is 12.0. The summed E-state index contributed by atoms with van der Waals surface area (Å²) in [7, 11) is 0. The van der Waals surface area contributed by atoms with Crippen molar-refractivity contribution >= 4 is 34.4 Å². The lowest BCUT2D eigenvalue weighted by Crippen LogP contribution is -2.30. The number of nitrogens with zero attached hydrogens (tertiary/aromatic N) is 3. The number of aromatic nitrogens is 4. The van der Waals surface area contributed by atoms with Crippen LogP contribution in [0.3, 0.4) is 0 Å². The van der Waals surface area contributed by atoms with E-state index >= 15 is 0 Å². The monoisotopic (exact) mass is 310 g/mol. The van der Waals surface area contributed by atoms with Gasteiger partial charge in [-0.25, -0.2) is 9.36 Å². The number of nitrogens with one attached hydrogen (secondary N) is 1. The van der Waals surface area contributed by atoms with Crippen molar-refractivity contribution in [3.05, 3.63) is 43.6 Å². The topological polar surface area (TPSA) is 101 Å². The number of fused-ring (bicyclic) bond motifs is 1. The summed E-state index contributed by atoms with van der Waals surface area (Å²) in [6.07, 6.45) is 0. The van der Waals surface area contributed by atoms with Gasteiger partial charge in [-0.15, -0.1) is 0 Å². The van der Waals surface area contributed by atoms with Crippen LogP contribution in [0.1, 0.15) is 5.56 Å². The zero-order chi connectivity index (χ0) is 14.4. The molecule has 0 radical (unpaired) electrons. The number of halogens is 1. The van der Waals surface area contributed by atoms with E-state index in [1.54, 1.807) is 12.1 Å². The molecule has 7 nitrogen and oxygen atoms in total. The van der Waals surface area contributed by atoms with Crippen molar-refractivity contribution in [2.75, 3.05) is 0 Å². The van der Waals surface area contributed by atoms with Gasteiger partial charge in [0, 0.05) is 0 Å². The fraction of sp³-hybridized carbons (Fsp3) is 0.0909. The summed E-state index contributed by atoms with van der Waals surface area (Å²) in [6.45, 7) is 1.40. The molecule has 2 aromatic heterocycles. The van der Waals surface area contributed by atoms with Gasteiger partial charge in [-0.1, -0.05) is 11.6 Å². The lowest BCUT2D eigenvalue weighted by molar-refractivity contribution is 0.426. The van der Waals surface area contributed by atoms with Gasteiger partial charge in [-0.3, -0.25) is 9.78 Å². The molecule has 2 heterocycles. The Bertz CT molecular complexity index is 943. The zero-order valence-electron chi connectivity index (χ0n) is 10.0. The summed E-state index contributed by atoms with van der Waals surface area (Å²) in [6, 6.07) is 3.21. The summed E-state index contributed by atoms with van der Waals surface area (Å²) >= 11 is 7.07. The van der Waals surface area contributed by atoms with E-state index in [1.165, 1.54) is 6.92 Å². The third-order valence-electron chi connectivity index (χ3n) is 2.89. The van der Waals surface area contributed by atoms with Crippen LogP contribution < -0.4 is 11.2 Å². The zero-order valence-corrected chi connectivity index (χ0v) is 11.6. The molecule has 0 aliphatic rings. The highest BCUT2D eigenvalue weighted by molar-refractivity contribution is 7.00. The van der Waals surface area contributed by atoms with Gasteiger partial charge in [-0.05, 0) is 19.1 Å². The molecule has 0 saturated carbocycles. The number of H-pyrrole nitrogens is 1. The van der Waals surface area contributed by atoms with Crippen molar-refractivity contribution in [2.24, 2.45) is 0 Å². The Morgan fingerprint density at radius 2 is 2.10 bits per heavy atom. The van der Waals surface area contributed by atoms with Crippen LogP contribution in [0.25, 0.3) is 16.7 Å². The SMILES string of the molecule is Cc1c(O)n(-c2c(Cl)ccc3nsnc23)c(=O)[nH]c1=O. The predicted octanol–water partition coefficient (Wildman–Crippen LogP) is 1.20. The molecule has 9 heteroatoms. The largest absolute Gasteiger partial charge is 0.494 e. The van der Waals surface area contributed by atoms with E-state index in [2.05, 4.69) is 13.7 Å². The summed E-state index contributed by atoms with van der Waals surface area (Å²) in [5.41, 5.74) is -0.305. The smallest absolute Gasteiger partial charge is 0.335 e. The number of benzene rings is 1. The van der Waals surface area contributed by atoms with Gasteiger partial charge >= 0.3 is 5.69 Å². The Kier molecular flexibility index (Phi) is 2.84. The second-order valence-electron chi connectivity index (χ2n) is 4.07. The highest BCUT2D eigenvalue weighted by atomic mass is 35.5. The molecule has 0 fully saturated rings. The van der Waals surface area contributed by atoms with Crippen LogP contribution in [0.5, 0.6) is 5.88 Å². The first-order valence-electron chi connectivity index (χ1n) is 5.46. The molecule has 0 spiro atoms. The summed E-state index contributed by atoms with van der Waals surface area (Å²) in [4.78, 5) is 25.5. The molecule has 0 aliphatic carbocycles. The maximum atomic E-state index is 12.0. The molecule has 0 bridgehead atoms. The molecular formula is C11H7ClN4O3S. The maximum Gasteiger partial charge on any atom is 0.335 e. The average Bonchev–Trinajstić information content (AvgIpc) is 2.87. The number of hydrogen-bond donors (Lipinski definition) is 2. The van der Waals surface area contributed by atoms with Crippen LogP contribution in [0.2, 0.25) is 5.02 Å². The number of rotatable bonds is 1. The van der Waals surface area contributed by atoms with Crippen LogP contribution in [-0.4, -0.2) is 23.4 Å². The standard InChI is InChI=1S/C11H7ClN4O3S/c1-4-9(17)13-11(19)16(10(4)18)8-5(12)2-3-6-7(8)15-20-14-6/h2-3,18H,1H3,(H,13,17,19). The molecule has 102 valence electrons. The van der Waals surface area contributed by atoms with Gasteiger partial charge in [0.25, 0.3) is 5.56 Å². The lowest BCUT2D eigenvalue weighted by atomic mass is 10.2. The minimum atomic E-state index is -0.791. The Morgan fingerprint density at radius 1 is 1.35 bits per heavy atom. The summed E-state index contributed by atoms with van der Waals surface area (Å²) < 4.78 is 9.04. The summed E-state index contributed by atoms with van der Waals surface area (Å²) in [5, 5.41) is 10.3. The molecule has 0 atom stereocenters. The number of aromatic hydroxyl groups is 1. The molecule has 0 saturated heterocycles. The van der Waals surface area contributed by atoms with Crippen molar-refractivity contribution in [3.8, 4) is 11.6 Å². The van der Waals surface area contributed by atoms with Crippen LogP contribution >= 0.6 is 23.3 Å². The number of hydrogen-bond acceptors (Lipinski definition) is 6. The van der Waals surface area contributed by atoms with Crippen molar-refractivity contribution in [2.45, 2.75) is 6.92 Å². The third kappa shape index (κ3) is 1.73. The Labute approximate surface area is 120 Å². The van der Waals surface area contributed by atoms with Crippen LogP contribution in [0.4, 0.5) is 0 Å². The lowest BCUT2D eigenvalue weighted by Gasteiger charge is -2.11. The van der Waals surface area contributed by atoms with Crippen LogP contribution in [0.15, 0.2) is 21.7 Å². The average molecular weight is 311 g/mol. The van der Waals surface area contributed by atoms with Gasteiger partial charge in [0.15, 0.2) is 0 Å². The quantitative estimate of drug-likeness (QED) is 0.703. The Hall–Kier alpha value is -2.19. The van der Waals surface area contributed by atoms with E-state index in [4.69, 9.17) is 11.6 Å². The van der Waals surface area contributed by atoms with Gasteiger partial charge in [-0.2, -0.15) is 8.75 Å². The van der Waals surface area contributed by atoms with E-state index in [9.17, 15) is 14.7 Å². The van der Waals surface area contributed by atoms with Gasteiger partial charge in [0.05, 0.1) is 22.3 Å². The fourth-order valence-electron chi connectivity index (χ4n) is 1.85. The van der Waals surface area contributed by atoms with Crippen LogP contribution in [-0.2, 0) is 0 Å². The molecule has 3 aromatic rings. The van der Waals surface area contributed by atoms with E-state index in [1.807, 2.05) is 0 Å². The second-order valence-corrected chi connectivity index (χ2v) is 5.01. The van der Waals surface area contributed by atoms with Gasteiger partial charge in [0.1, 0.15) is 16.7 Å². The van der Waals surface area contributed by atoms with E-state index < -0.39 is 17.1 Å². The molecule has 3 rings (SSSR count). The fourth-order valence-corrected chi connectivity index (χ4v) is 2.62. The van der Waals surface area contributed by atoms with E-state index in [0.717, 1.165) is 16.3 Å². The first kappa shape index (κ1) is 12.8. The minimum absolute atomic E-state index is 0.0147. The van der Waals surface area contributed by atoms with E-state index in [-0.39, 0.29) is 16.3 Å². The van der Waals surface area contributed by atoms with Crippen molar-refractivity contribution in [3.63, 3.8) is 0 Å². The minimum Gasteiger partial charge on any atom is -0.494 e. The Morgan fingerprint density at radius 3 is 2.85 bits per heavy atom. The highest BCUT2D eigenvalue weighted by Gasteiger charge is 2.18. The highest BCUT2D eigenvalue weighted by Crippen LogP contribution is 2.30. The predicted molar refractivity (Wildman–Crippen MR) is 75.0 cm³/mol. The summed E-state index contributed by atoms with van der Waals surface area (Å²) in [5.74, 6) is -0.471. The molecule has 1 aromatic carbocycles. The van der Waals surface area contributed by atoms with Gasteiger partial charge in [0.2, 0.25) is 5.88 Å². The van der Waals surface area contributed by atoms with Gasteiger partial charge < -0.3 is 5.11 Å². The second kappa shape index (κ2) is 4.43.